The van der Waals surface area contributed by atoms with Gasteiger partial charge in [0.15, 0.2) is 0 Å². The van der Waals surface area contributed by atoms with Gasteiger partial charge in [-0.2, -0.15) is 0 Å². The third kappa shape index (κ3) is 2.36. The smallest absolute Gasteiger partial charge is 0.235 e. The fourth-order valence-corrected chi connectivity index (χ4v) is 2.76. The van der Waals surface area contributed by atoms with E-state index >= 15 is 0 Å². The summed E-state index contributed by atoms with van der Waals surface area (Å²) < 4.78 is 5.32. The number of rotatable bonds is 3. The summed E-state index contributed by atoms with van der Waals surface area (Å²) in [4.78, 5) is 13.8. The molecule has 0 saturated carbocycles. The van der Waals surface area contributed by atoms with Crippen LogP contribution in [0, 0.1) is 0 Å². The lowest BCUT2D eigenvalue weighted by atomic mass is 9.89. The van der Waals surface area contributed by atoms with E-state index in [1.807, 2.05) is 0 Å². The van der Waals surface area contributed by atoms with Gasteiger partial charge in [0.2, 0.25) is 6.08 Å². The lowest BCUT2D eigenvalue weighted by Gasteiger charge is -2.20. The van der Waals surface area contributed by atoms with Crippen LogP contribution < -0.4 is 4.74 Å². The first-order valence-electron chi connectivity index (χ1n) is 5.68. The molecule has 3 nitrogen and oxygen atoms in total. The molecule has 1 aliphatic carbocycles. The molecule has 0 amide bonds. The van der Waals surface area contributed by atoms with Crippen molar-refractivity contribution < 1.29 is 9.53 Å². The van der Waals surface area contributed by atoms with Gasteiger partial charge in [0.05, 0.1) is 18.7 Å². The minimum absolute atomic E-state index is 0.277. The van der Waals surface area contributed by atoms with Crippen LogP contribution in [0.3, 0.4) is 0 Å². The average molecular weight is 252 g/mol. The number of hydrogen-bond donors (Lipinski definition) is 0. The van der Waals surface area contributed by atoms with Crippen LogP contribution in [-0.2, 0) is 24.2 Å². The fourth-order valence-electron chi connectivity index (χ4n) is 2.35. The first-order chi connectivity index (χ1) is 8.27. The van der Waals surface area contributed by atoms with Gasteiger partial charge >= 0.3 is 0 Å². The van der Waals surface area contributed by atoms with E-state index in [0.717, 1.165) is 18.4 Å². The average Bonchev–Trinajstić information content (AvgIpc) is 2.36. The second-order valence-electron chi connectivity index (χ2n) is 4.14. The molecule has 2 rings (SSSR count). The maximum absolute atomic E-state index is 10.2. The summed E-state index contributed by atoms with van der Waals surface area (Å²) in [5, 5.41) is 0.681. The van der Waals surface area contributed by atoms with Gasteiger partial charge in [0.25, 0.3) is 0 Å². The first kappa shape index (κ1) is 12.2. The minimum atomic E-state index is 0.277. The number of fused-ring (bicyclic) bond motifs is 1. The molecule has 17 heavy (non-hydrogen) atoms. The number of ether oxygens (including phenoxy) is 1. The van der Waals surface area contributed by atoms with Crippen LogP contribution in [0.15, 0.2) is 11.1 Å². The Kier molecular flexibility index (Phi) is 3.82. The monoisotopic (exact) mass is 251 g/mol. The van der Waals surface area contributed by atoms with Gasteiger partial charge < -0.3 is 4.74 Å². The summed E-state index contributed by atoms with van der Waals surface area (Å²) in [6.45, 7) is 0.277. The number of aliphatic imine (C=N–C) groups is 1. The predicted molar refractivity (Wildman–Crippen MR) is 66.5 cm³/mol. The molecule has 0 aromatic heterocycles. The van der Waals surface area contributed by atoms with Gasteiger partial charge in [-0.3, -0.25) is 0 Å². The van der Waals surface area contributed by atoms with Crippen molar-refractivity contribution in [1.29, 1.82) is 0 Å². The molecule has 1 aliphatic rings. The van der Waals surface area contributed by atoms with E-state index in [0.29, 0.717) is 10.8 Å². The zero-order chi connectivity index (χ0) is 12.3. The molecule has 0 N–H and O–H groups in total. The van der Waals surface area contributed by atoms with Crippen LogP contribution in [0.25, 0.3) is 0 Å². The zero-order valence-electron chi connectivity index (χ0n) is 9.75. The molecule has 0 aliphatic heterocycles. The third-order valence-corrected chi connectivity index (χ3v) is 3.53. The molecule has 0 saturated heterocycles. The molecule has 1 aromatic rings. The van der Waals surface area contributed by atoms with E-state index in [-0.39, 0.29) is 6.54 Å². The van der Waals surface area contributed by atoms with Crippen molar-refractivity contribution in [2.24, 2.45) is 4.99 Å². The Hall–Kier alpha value is -1.31. The molecule has 0 atom stereocenters. The van der Waals surface area contributed by atoms with Crippen LogP contribution in [-0.4, -0.2) is 13.2 Å². The lowest BCUT2D eigenvalue weighted by Crippen LogP contribution is -2.06. The molecule has 0 bridgehead atoms. The van der Waals surface area contributed by atoms with Gasteiger partial charge in [0.1, 0.15) is 5.75 Å². The summed E-state index contributed by atoms with van der Waals surface area (Å²) in [7, 11) is 1.59. The van der Waals surface area contributed by atoms with Crippen molar-refractivity contribution in [1.82, 2.24) is 0 Å². The highest BCUT2D eigenvalue weighted by molar-refractivity contribution is 6.33. The SMILES string of the molecule is COc1c(CN=C=O)cc2c(c1Cl)CCCC2. The first-order valence-corrected chi connectivity index (χ1v) is 6.06. The maximum atomic E-state index is 10.2. The Morgan fingerprint density at radius 3 is 2.94 bits per heavy atom. The van der Waals surface area contributed by atoms with Crippen molar-refractivity contribution >= 4 is 17.7 Å². The number of methoxy groups -OCH3 is 1. The van der Waals surface area contributed by atoms with E-state index < -0.39 is 0 Å². The molecule has 0 radical (unpaired) electrons. The summed E-state index contributed by atoms with van der Waals surface area (Å²) in [6, 6.07) is 2.06. The summed E-state index contributed by atoms with van der Waals surface area (Å²) in [6.07, 6.45) is 5.94. The molecule has 90 valence electrons. The Bertz CT molecular complexity index is 479. The number of hydrogen-bond acceptors (Lipinski definition) is 3. The Morgan fingerprint density at radius 1 is 1.47 bits per heavy atom. The van der Waals surface area contributed by atoms with Gasteiger partial charge in [-0.25, -0.2) is 9.79 Å². The van der Waals surface area contributed by atoms with E-state index in [1.54, 1.807) is 13.2 Å². The van der Waals surface area contributed by atoms with E-state index in [2.05, 4.69) is 11.1 Å². The molecule has 4 heteroatoms. The van der Waals surface area contributed by atoms with Crippen molar-refractivity contribution in [3.05, 3.63) is 27.8 Å². The van der Waals surface area contributed by atoms with Crippen LogP contribution in [0.2, 0.25) is 5.02 Å². The van der Waals surface area contributed by atoms with Crippen molar-refractivity contribution in [2.45, 2.75) is 32.2 Å². The number of isocyanates is 1. The van der Waals surface area contributed by atoms with E-state index in [9.17, 15) is 4.79 Å². The van der Waals surface area contributed by atoms with Crippen LogP contribution in [0.5, 0.6) is 5.75 Å². The topological polar surface area (TPSA) is 38.7 Å². The van der Waals surface area contributed by atoms with Crippen molar-refractivity contribution in [3.8, 4) is 5.75 Å². The Labute approximate surface area is 105 Å². The number of nitrogens with zero attached hydrogens (tertiary/aromatic N) is 1. The summed E-state index contributed by atoms with van der Waals surface area (Å²) in [5.41, 5.74) is 3.31. The summed E-state index contributed by atoms with van der Waals surface area (Å²) >= 11 is 6.35. The number of halogens is 1. The zero-order valence-corrected chi connectivity index (χ0v) is 10.5. The van der Waals surface area contributed by atoms with E-state index in [4.69, 9.17) is 16.3 Å². The van der Waals surface area contributed by atoms with Gasteiger partial charge in [-0.15, -0.1) is 0 Å². The van der Waals surface area contributed by atoms with Crippen molar-refractivity contribution in [2.75, 3.05) is 7.11 Å². The highest BCUT2D eigenvalue weighted by atomic mass is 35.5. The largest absolute Gasteiger partial charge is 0.495 e. The van der Waals surface area contributed by atoms with Crippen LogP contribution in [0.1, 0.15) is 29.5 Å². The summed E-state index contributed by atoms with van der Waals surface area (Å²) in [5.74, 6) is 0.645. The van der Waals surface area contributed by atoms with Gasteiger partial charge in [-0.1, -0.05) is 11.6 Å². The minimum Gasteiger partial charge on any atom is -0.495 e. The second-order valence-corrected chi connectivity index (χ2v) is 4.51. The molecular weight excluding hydrogens is 238 g/mol. The van der Waals surface area contributed by atoms with Crippen LogP contribution in [0.4, 0.5) is 0 Å². The highest BCUT2D eigenvalue weighted by Gasteiger charge is 2.19. The Balaban J connectivity index is 2.51. The number of aryl methyl sites for hydroxylation is 1. The predicted octanol–water partition coefficient (Wildman–Crippen LogP) is 3.06. The standard InChI is InChI=1S/C13H14ClNO2/c1-17-13-10(7-15-8-16)6-9-4-2-3-5-11(9)12(13)14/h6H,2-5,7H2,1H3. The van der Waals surface area contributed by atoms with E-state index in [1.165, 1.54) is 24.0 Å². The molecule has 0 spiro atoms. The third-order valence-electron chi connectivity index (χ3n) is 3.13. The molecule has 0 fully saturated rings. The Morgan fingerprint density at radius 2 is 2.24 bits per heavy atom. The maximum Gasteiger partial charge on any atom is 0.235 e. The molecule has 0 unspecified atom stereocenters. The van der Waals surface area contributed by atoms with Crippen molar-refractivity contribution in [3.63, 3.8) is 0 Å². The number of benzene rings is 1. The quantitative estimate of drug-likeness (QED) is 0.612. The van der Waals surface area contributed by atoms with Gasteiger partial charge in [-0.05, 0) is 42.9 Å². The van der Waals surface area contributed by atoms with Gasteiger partial charge in [0, 0.05) is 5.56 Å². The molecular formula is C13H14ClNO2. The molecule has 0 heterocycles. The number of carbonyl (C=O) groups excluding carboxylic acids is 1. The fraction of sp³-hybridized carbons (Fsp3) is 0.462. The second kappa shape index (κ2) is 5.35. The normalized spacial score (nSPS) is 13.8. The highest BCUT2D eigenvalue weighted by Crippen LogP contribution is 2.38. The van der Waals surface area contributed by atoms with Crippen LogP contribution >= 0.6 is 11.6 Å². The lowest BCUT2D eigenvalue weighted by molar-refractivity contribution is 0.409. The molecule has 1 aromatic carbocycles.